The molecule has 0 unspecified atom stereocenters. The van der Waals surface area contributed by atoms with Gasteiger partial charge in [0, 0.05) is 24.8 Å². The number of aromatic amines is 1. The number of hydrogen-bond donors (Lipinski definition) is 3. The van der Waals surface area contributed by atoms with Crippen LogP contribution in [0.15, 0.2) is 36.5 Å². The van der Waals surface area contributed by atoms with Crippen LogP contribution in [0.2, 0.25) is 0 Å². The van der Waals surface area contributed by atoms with E-state index in [-0.39, 0.29) is 24.9 Å². The number of hydrogen-bond acceptors (Lipinski definition) is 7. The van der Waals surface area contributed by atoms with Crippen molar-refractivity contribution in [3.05, 3.63) is 48.2 Å². The van der Waals surface area contributed by atoms with E-state index in [1.54, 1.807) is 24.4 Å². The third-order valence-electron chi connectivity index (χ3n) is 7.12. The van der Waals surface area contributed by atoms with Crippen molar-refractivity contribution in [3.63, 3.8) is 0 Å². The molecule has 9 nitrogen and oxygen atoms in total. The maximum Gasteiger partial charge on any atom is 0.230 e. The van der Waals surface area contributed by atoms with E-state index in [0.29, 0.717) is 47.2 Å². The lowest BCUT2D eigenvalue weighted by molar-refractivity contribution is -0.231. The van der Waals surface area contributed by atoms with Crippen LogP contribution >= 0.6 is 0 Å². The molecule has 194 valence electrons. The summed E-state index contributed by atoms with van der Waals surface area (Å²) in [6.07, 6.45) is 5.74. The molecule has 37 heavy (non-hydrogen) atoms. The first kappa shape index (κ1) is 24.0. The monoisotopic (exact) mass is 506 g/mol. The Bertz CT molecular complexity index is 1260. The number of halogens is 1. The van der Waals surface area contributed by atoms with Crippen LogP contribution in [-0.2, 0) is 14.3 Å². The summed E-state index contributed by atoms with van der Waals surface area (Å²) in [7, 11) is 0. The Labute approximate surface area is 214 Å². The van der Waals surface area contributed by atoms with Crippen molar-refractivity contribution < 1.29 is 18.7 Å². The van der Waals surface area contributed by atoms with E-state index >= 15 is 0 Å². The summed E-state index contributed by atoms with van der Waals surface area (Å²) in [4.78, 5) is 29.9. The molecule has 2 aliphatic carbocycles. The number of anilines is 1. The van der Waals surface area contributed by atoms with Gasteiger partial charge in [0.25, 0.3) is 0 Å². The topological polar surface area (TPSA) is 114 Å². The minimum atomic E-state index is -0.772. The molecule has 1 saturated heterocycles. The maximum absolute atomic E-state index is 13.6. The third kappa shape index (κ3) is 5.50. The Hall–Kier alpha value is -3.37. The Balaban J connectivity index is 1.24. The number of amides is 1. The molecule has 0 atom stereocenters. The van der Waals surface area contributed by atoms with Gasteiger partial charge in [0.15, 0.2) is 5.82 Å². The molecule has 3 fully saturated rings. The highest BCUT2D eigenvalue weighted by atomic mass is 19.1. The molecule has 1 aromatic carbocycles. The molecule has 1 amide bonds. The summed E-state index contributed by atoms with van der Waals surface area (Å²) >= 11 is 0. The molecule has 0 bridgehead atoms. The molecule has 2 saturated carbocycles. The molecule has 10 heteroatoms. The number of aromatic nitrogens is 4. The fourth-order valence-corrected chi connectivity index (χ4v) is 4.32. The zero-order chi connectivity index (χ0) is 25.4. The van der Waals surface area contributed by atoms with E-state index in [1.165, 1.54) is 37.8 Å². The van der Waals surface area contributed by atoms with Gasteiger partial charge in [-0.25, -0.2) is 19.3 Å². The minimum absolute atomic E-state index is 0.0582. The molecular formula is C27H31FN6O3. The van der Waals surface area contributed by atoms with Crippen molar-refractivity contribution in [2.24, 2.45) is 17.3 Å². The van der Waals surface area contributed by atoms with Crippen LogP contribution in [0, 0.1) is 23.1 Å². The first-order valence-corrected chi connectivity index (χ1v) is 12.9. The summed E-state index contributed by atoms with van der Waals surface area (Å²) in [5.41, 5.74) is 1.86. The number of benzene rings is 1. The van der Waals surface area contributed by atoms with Crippen molar-refractivity contribution in [2.45, 2.75) is 38.9 Å². The fourth-order valence-electron chi connectivity index (χ4n) is 4.32. The summed E-state index contributed by atoms with van der Waals surface area (Å²) < 4.78 is 25.6. The Kier molecular flexibility index (Phi) is 6.37. The van der Waals surface area contributed by atoms with E-state index in [1.807, 2.05) is 6.92 Å². The number of carbonyl (C=O) groups is 1. The van der Waals surface area contributed by atoms with Crippen molar-refractivity contribution in [2.75, 3.05) is 31.6 Å². The molecule has 3 aliphatic rings. The number of nitrogens with zero attached hydrogens (tertiary/aromatic N) is 3. The number of imidazole rings is 1. The SMILES string of the molecule is CC1(C(=O)NCC2CC2)COC(c2nc(-c3ccc(F)cc3)c(-c3ccnc(NCC4CC4)n3)[nH]2)OC1. The van der Waals surface area contributed by atoms with Gasteiger partial charge in [-0.15, -0.1) is 0 Å². The lowest BCUT2D eigenvalue weighted by Crippen LogP contribution is -2.49. The zero-order valence-corrected chi connectivity index (χ0v) is 20.8. The molecule has 0 spiro atoms. The average molecular weight is 507 g/mol. The lowest BCUT2D eigenvalue weighted by Gasteiger charge is -2.35. The van der Waals surface area contributed by atoms with E-state index in [9.17, 15) is 9.18 Å². The van der Waals surface area contributed by atoms with E-state index in [2.05, 4.69) is 25.6 Å². The highest BCUT2D eigenvalue weighted by Gasteiger charge is 2.41. The van der Waals surface area contributed by atoms with Crippen molar-refractivity contribution in [1.82, 2.24) is 25.3 Å². The Morgan fingerprint density at radius 2 is 1.76 bits per heavy atom. The standard InChI is InChI=1S/C27H31FN6O3/c1-27(25(35)30-12-16-2-3-16)14-36-24(37-15-27)23-33-21(18-6-8-19(28)9-7-18)22(34-23)20-10-11-29-26(32-20)31-13-17-4-5-17/h6-11,16-17,24H,2-5,12-15H2,1H3,(H,30,35)(H,33,34)(H,29,31,32). The van der Waals surface area contributed by atoms with Gasteiger partial charge in [-0.2, -0.15) is 0 Å². The second kappa shape index (κ2) is 9.83. The number of rotatable bonds is 9. The zero-order valence-electron chi connectivity index (χ0n) is 20.8. The van der Waals surface area contributed by atoms with Gasteiger partial charge in [0.05, 0.1) is 35.7 Å². The van der Waals surface area contributed by atoms with E-state index < -0.39 is 11.7 Å². The van der Waals surface area contributed by atoms with Gasteiger partial charge >= 0.3 is 0 Å². The Morgan fingerprint density at radius 1 is 1.05 bits per heavy atom. The van der Waals surface area contributed by atoms with Crippen LogP contribution in [0.25, 0.3) is 22.6 Å². The van der Waals surface area contributed by atoms with Gasteiger partial charge in [-0.05, 0) is 74.8 Å². The number of H-pyrrole nitrogens is 1. The molecule has 3 heterocycles. The molecule has 2 aromatic heterocycles. The summed E-state index contributed by atoms with van der Waals surface area (Å²) in [6.45, 7) is 3.81. The fraction of sp³-hybridized carbons (Fsp3) is 0.481. The highest BCUT2D eigenvalue weighted by Crippen LogP contribution is 2.36. The molecule has 0 radical (unpaired) electrons. The summed E-state index contributed by atoms with van der Waals surface area (Å²) in [5, 5.41) is 6.32. The summed E-state index contributed by atoms with van der Waals surface area (Å²) in [6, 6.07) is 7.95. The van der Waals surface area contributed by atoms with Crippen molar-refractivity contribution >= 4 is 11.9 Å². The second-order valence-electron chi connectivity index (χ2n) is 10.6. The molecule has 3 N–H and O–H groups in total. The van der Waals surface area contributed by atoms with E-state index in [4.69, 9.17) is 14.5 Å². The number of nitrogens with one attached hydrogen (secondary N) is 3. The maximum atomic E-state index is 13.6. The van der Waals surface area contributed by atoms with Crippen LogP contribution in [0.3, 0.4) is 0 Å². The minimum Gasteiger partial charge on any atom is -0.355 e. The molecule has 6 rings (SSSR count). The van der Waals surface area contributed by atoms with Gasteiger partial charge in [0.2, 0.25) is 18.1 Å². The quantitative estimate of drug-likeness (QED) is 0.401. The lowest BCUT2D eigenvalue weighted by atomic mass is 9.91. The van der Waals surface area contributed by atoms with Crippen LogP contribution < -0.4 is 10.6 Å². The highest BCUT2D eigenvalue weighted by molar-refractivity contribution is 5.82. The van der Waals surface area contributed by atoms with Gasteiger partial charge < -0.3 is 25.1 Å². The first-order valence-electron chi connectivity index (χ1n) is 12.9. The van der Waals surface area contributed by atoms with Crippen LogP contribution in [0.4, 0.5) is 10.3 Å². The van der Waals surface area contributed by atoms with E-state index in [0.717, 1.165) is 12.1 Å². The largest absolute Gasteiger partial charge is 0.355 e. The van der Waals surface area contributed by atoms with Crippen LogP contribution in [-0.4, -0.2) is 52.1 Å². The van der Waals surface area contributed by atoms with Gasteiger partial charge in [-0.1, -0.05) is 0 Å². The number of carbonyl (C=O) groups excluding carboxylic acids is 1. The predicted octanol–water partition coefficient (Wildman–Crippen LogP) is 4.07. The summed E-state index contributed by atoms with van der Waals surface area (Å²) in [5.74, 6) is 1.90. The Morgan fingerprint density at radius 3 is 2.46 bits per heavy atom. The first-order chi connectivity index (χ1) is 18.0. The second-order valence-corrected chi connectivity index (χ2v) is 10.6. The third-order valence-corrected chi connectivity index (χ3v) is 7.12. The molecular weight excluding hydrogens is 475 g/mol. The normalized spacial score (nSPS) is 23.6. The van der Waals surface area contributed by atoms with Gasteiger partial charge in [-0.3, -0.25) is 4.79 Å². The van der Waals surface area contributed by atoms with Crippen molar-refractivity contribution in [3.8, 4) is 22.6 Å². The van der Waals surface area contributed by atoms with Gasteiger partial charge in [0.1, 0.15) is 5.82 Å². The predicted molar refractivity (Wildman–Crippen MR) is 135 cm³/mol. The van der Waals surface area contributed by atoms with Crippen molar-refractivity contribution in [1.29, 1.82) is 0 Å². The number of ether oxygens (including phenoxy) is 2. The average Bonchev–Trinajstić information content (AvgIpc) is 3.85. The smallest absolute Gasteiger partial charge is 0.230 e. The van der Waals surface area contributed by atoms with Crippen LogP contribution in [0.1, 0.15) is 44.7 Å². The molecule has 3 aromatic rings. The van der Waals surface area contributed by atoms with Crippen LogP contribution in [0.5, 0.6) is 0 Å². The molecule has 1 aliphatic heterocycles.